The van der Waals surface area contributed by atoms with Crippen LogP contribution in [0.4, 0.5) is 13.2 Å². The fourth-order valence-corrected chi connectivity index (χ4v) is 3.25. The van der Waals surface area contributed by atoms with E-state index in [1.165, 1.54) is 24.4 Å². The molecular formula is C14H13F3N4S. The summed E-state index contributed by atoms with van der Waals surface area (Å²) in [5, 5.41) is 7.08. The number of hydrogen-bond donors (Lipinski definition) is 0. The molecule has 4 nitrogen and oxygen atoms in total. The number of nitrogens with zero attached hydrogens (tertiary/aromatic N) is 4. The van der Waals surface area contributed by atoms with E-state index in [9.17, 15) is 13.2 Å². The number of alkyl halides is 3. The van der Waals surface area contributed by atoms with Gasteiger partial charge in [0, 0.05) is 19.3 Å². The largest absolute Gasteiger partial charge is 0.451 e. The third-order valence-electron chi connectivity index (χ3n) is 3.44. The Bertz CT molecular complexity index is 721. The molecule has 0 atom stereocenters. The van der Waals surface area contributed by atoms with Gasteiger partial charge in [0.1, 0.15) is 0 Å². The van der Waals surface area contributed by atoms with Gasteiger partial charge < -0.3 is 4.57 Å². The number of benzene rings is 1. The lowest BCUT2D eigenvalue weighted by atomic mass is 9.99. The zero-order valence-corrected chi connectivity index (χ0v) is 12.6. The van der Waals surface area contributed by atoms with Gasteiger partial charge >= 0.3 is 6.18 Å². The van der Waals surface area contributed by atoms with Gasteiger partial charge in [-0.25, -0.2) is 0 Å². The van der Waals surface area contributed by atoms with Crippen LogP contribution < -0.4 is 0 Å². The molecule has 0 spiro atoms. The van der Waals surface area contributed by atoms with Crippen LogP contribution in [-0.2, 0) is 19.6 Å². The fourth-order valence-electron chi connectivity index (χ4n) is 2.36. The average Bonchev–Trinajstić information content (AvgIpc) is 2.86. The summed E-state index contributed by atoms with van der Waals surface area (Å²) >= 11 is 1.21. The number of halogens is 3. The molecule has 0 bridgehead atoms. The quantitative estimate of drug-likeness (QED) is 0.815. The molecule has 8 heteroatoms. The Kier molecular flexibility index (Phi) is 3.94. The van der Waals surface area contributed by atoms with Crippen molar-refractivity contribution in [1.82, 2.24) is 14.8 Å². The maximum absolute atomic E-state index is 12.7. The van der Waals surface area contributed by atoms with Crippen LogP contribution in [0.3, 0.4) is 0 Å². The maximum atomic E-state index is 12.7. The van der Waals surface area contributed by atoms with Crippen molar-refractivity contribution in [3.8, 4) is 0 Å². The molecule has 2 aromatic rings. The standard InChI is InChI=1S/C14H13F3N4S/c1-21-12(14(15,16)17)19-20-13(21)22-8-11-10-5-3-2-4-9(10)6-7-18-11/h2-5H,6-8H2,1H3. The molecule has 1 aliphatic heterocycles. The van der Waals surface area contributed by atoms with Gasteiger partial charge in [0.15, 0.2) is 5.16 Å². The highest BCUT2D eigenvalue weighted by atomic mass is 32.2. The molecule has 22 heavy (non-hydrogen) atoms. The Morgan fingerprint density at radius 1 is 1.23 bits per heavy atom. The number of rotatable bonds is 3. The van der Waals surface area contributed by atoms with Crippen molar-refractivity contribution in [3.05, 3.63) is 41.2 Å². The minimum absolute atomic E-state index is 0.234. The molecule has 0 N–H and O–H groups in total. The van der Waals surface area contributed by atoms with E-state index in [1.807, 2.05) is 18.2 Å². The summed E-state index contributed by atoms with van der Waals surface area (Å²) in [5.41, 5.74) is 3.19. The van der Waals surface area contributed by atoms with Crippen molar-refractivity contribution in [2.45, 2.75) is 17.8 Å². The van der Waals surface area contributed by atoms with E-state index >= 15 is 0 Å². The molecule has 0 radical (unpaired) electrons. The van der Waals surface area contributed by atoms with Crippen LogP contribution in [0.25, 0.3) is 0 Å². The Labute approximate surface area is 129 Å². The third-order valence-corrected chi connectivity index (χ3v) is 4.47. The van der Waals surface area contributed by atoms with Gasteiger partial charge in [-0.05, 0) is 17.5 Å². The number of fused-ring (bicyclic) bond motifs is 1. The van der Waals surface area contributed by atoms with Crippen LogP contribution in [0.5, 0.6) is 0 Å². The molecular weight excluding hydrogens is 313 g/mol. The summed E-state index contributed by atoms with van der Waals surface area (Å²) < 4.78 is 39.1. The van der Waals surface area contributed by atoms with Gasteiger partial charge in [-0.3, -0.25) is 4.99 Å². The van der Waals surface area contributed by atoms with Crippen molar-refractivity contribution in [1.29, 1.82) is 0 Å². The summed E-state index contributed by atoms with van der Waals surface area (Å²) in [6, 6.07) is 7.96. The number of hydrogen-bond acceptors (Lipinski definition) is 4. The van der Waals surface area contributed by atoms with E-state index in [1.54, 1.807) is 0 Å². The Hall–Kier alpha value is -1.83. The highest BCUT2D eigenvalue weighted by molar-refractivity contribution is 7.99. The zero-order chi connectivity index (χ0) is 15.7. The maximum Gasteiger partial charge on any atom is 0.451 e. The second-order valence-electron chi connectivity index (χ2n) is 4.89. The predicted molar refractivity (Wildman–Crippen MR) is 78.3 cm³/mol. The lowest BCUT2D eigenvalue weighted by Gasteiger charge is -2.16. The van der Waals surface area contributed by atoms with Gasteiger partial charge in [0.25, 0.3) is 0 Å². The minimum atomic E-state index is -4.49. The predicted octanol–water partition coefficient (Wildman–Crippen LogP) is 2.97. The first-order valence-corrected chi connectivity index (χ1v) is 7.66. The SMILES string of the molecule is Cn1c(SCC2=NCCc3ccccc32)nnc1C(F)(F)F. The van der Waals surface area contributed by atoms with Crippen LogP contribution in [0.15, 0.2) is 34.4 Å². The van der Waals surface area contributed by atoms with Gasteiger partial charge in [-0.1, -0.05) is 36.0 Å². The van der Waals surface area contributed by atoms with E-state index in [2.05, 4.69) is 21.3 Å². The second-order valence-corrected chi connectivity index (χ2v) is 5.83. The van der Waals surface area contributed by atoms with Crippen LogP contribution in [-0.4, -0.2) is 32.8 Å². The minimum Gasteiger partial charge on any atom is -0.302 e. The van der Waals surface area contributed by atoms with E-state index in [4.69, 9.17) is 0 Å². The van der Waals surface area contributed by atoms with Crippen molar-refractivity contribution in [2.75, 3.05) is 12.3 Å². The number of aromatic nitrogens is 3. The van der Waals surface area contributed by atoms with E-state index in [0.717, 1.165) is 22.3 Å². The first kappa shape index (κ1) is 15.1. The van der Waals surface area contributed by atoms with Crippen molar-refractivity contribution < 1.29 is 13.2 Å². The highest BCUT2D eigenvalue weighted by Crippen LogP contribution is 2.30. The monoisotopic (exact) mass is 326 g/mol. The second kappa shape index (κ2) is 5.75. The molecule has 0 amide bonds. The van der Waals surface area contributed by atoms with Gasteiger partial charge in [-0.2, -0.15) is 13.2 Å². The van der Waals surface area contributed by atoms with Gasteiger partial charge in [0.05, 0.1) is 5.71 Å². The topological polar surface area (TPSA) is 43.1 Å². The molecule has 0 saturated heterocycles. The molecule has 0 unspecified atom stereocenters. The van der Waals surface area contributed by atoms with E-state index < -0.39 is 12.0 Å². The van der Waals surface area contributed by atoms with Crippen LogP contribution in [0.1, 0.15) is 17.0 Å². The average molecular weight is 326 g/mol. The Morgan fingerprint density at radius 2 is 2.00 bits per heavy atom. The Morgan fingerprint density at radius 3 is 2.73 bits per heavy atom. The van der Waals surface area contributed by atoms with Gasteiger partial charge in [-0.15, -0.1) is 10.2 Å². The lowest BCUT2D eigenvalue weighted by Crippen LogP contribution is -2.16. The number of aliphatic imine (C=N–C) groups is 1. The summed E-state index contributed by atoms with van der Waals surface area (Å²) in [4.78, 5) is 4.49. The molecule has 0 saturated carbocycles. The molecule has 1 aromatic heterocycles. The third kappa shape index (κ3) is 2.87. The molecule has 0 fully saturated rings. The van der Waals surface area contributed by atoms with E-state index in [-0.39, 0.29) is 5.16 Å². The lowest BCUT2D eigenvalue weighted by molar-refractivity contribution is -0.147. The van der Waals surface area contributed by atoms with Crippen LogP contribution >= 0.6 is 11.8 Å². The summed E-state index contributed by atoms with van der Waals surface area (Å²) in [6.45, 7) is 0.708. The zero-order valence-electron chi connectivity index (χ0n) is 11.8. The van der Waals surface area contributed by atoms with Crippen molar-refractivity contribution in [3.63, 3.8) is 0 Å². The highest BCUT2D eigenvalue weighted by Gasteiger charge is 2.37. The first-order chi connectivity index (χ1) is 10.5. The summed E-state index contributed by atoms with van der Waals surface area (Å²) in [7, 11) is 1.32. The van der Waals surface area contributed by atoms with Crippen LogP contribution in [0.2, 0.25) is 0 Å². The summed E-state index contributed by atoms with van der Waals surface area (Å²) in [6.07, 6.45) is -3.60. The smallest absolute Gasteiger partial charge is 0.302 e. The van der Waals surface area contributed by atoms with E-state index in [0.29, 0.717) is 12.3 Å². The molecule has 1 aromatic carbocycles. The molecule has 116 valence electrons. The fraction of sp³-hybridized carbons (Fsp3) is 0.357. The Balaban J connectivity index is 1.77. The van der Waals surface area contributed by atoms with Crippen LogP contribution in [0, 0.1) is 0 Å². The van der Waals surface area contributed by atoms with Crippen molar-refractivity contribution >= 4 is 17.5 Å². The molecule has 0 aliphatic carbocycles. The first-order valence-electron chi connectivity index (χ1n) is 6.68. The molecule has 1 aliphatic rings. The van der Waals surface area contributed by atoms with Crippen molar-refractivity contribution in [2.24, 2.45) is 12.0 Å². The summed E-state index contributed by atoms with van der Waals surface area (Å²) in [5.74, 6) is -0.512. The molecule has 2 heterocycles. The number of thioether (sulfide) groups is 1. The molecule has 3 rings (SSSR count). The normalized spacial score (nSPS) is 14.6. The van der Waals surface area contributed by atoms with Gasteiger partial charge in [0.2, 0.25) is 5.82 Å².